The number of nitrogens with one attached hydrogen (secondary N) is 1. The number of piperazine rings is 1. The summed E-state index contributed by atoms with van der Waals surface area (Å²) in [4.78, 5) is 22.8. The van der Waals surface area contributed by atoms with E-state index in [1.165, 1.54) is 32.1 Å². The van der Waals surface area contributed by atoms with Crippen molar-refractivity contribution in [1.29, 1.82) is 0 Å². The molecule has 6 nitrogen and oxygen atoms in total. The summed E-state index contributed by atoms with van der Waals surface area (Å²) in [6.07, 6.45) is 6.71. The van der Waals surface area contributed by atoms with Crippen LogP contribution in [0, 0.1) is 6.92 Å². The molecule has 176 valence electrons. The van der Waals surface area contributed by atoms with E-state index in [0.717, 1.165) is 49.2 Å². The third-order valence-electron chi connectivity index (χ3n) is 6.59. The smallest absolute Gasteiger partial charge is 0.257 e. The number of carbonyl (C=O) groups excluding carboxylic acids is 1. The normalized spacial score (nSPS) is 18.2. The number of carbonyl (C=O) groups is 1. The summed E-state index contributed by atoms with van der Waals surface area (Å²) in [6.45, 7) is 8.36. The molecule has 0 radical (unpaired) electrons. The van der Waals surface area contributed by atoms with Gasteiger partial charge in [0.25, 0.3) is 5.91 Å². The minimum atomic E-state index is -0.154. The van der Waals surface area contributed by atoms with Crippen LogP contribution in [0.1, 0.15) is 54.9 Å². The van der Waals surface area contributed by atoms with Crippen molar-refractivity contribution in [1.82, 2.24) is 15.1 Å². The molecule has 0 aromatic heterocycles. The average Bonchev–Trinajstić information content (AvgIpc) is 2.85. The molecule has 1 saturated heterocycles. The number of ether oxygens (including phenoxy) is 1. The molecule has 1 aliphatic heterocycles. The highest BCUT2D eigenvalue weighted by atomic mass is 16.5. The second-order valence-corrected chi connectivity index (χ2v) is 9.00. The van der Waals surface area contributed by atoms with Crippen molar-refractivity contribution in [2.24, 2.45) is 4.99 Å². The quantitative estimate of drug-likeness (QED) is 0.529. The molecule has 2 fully saturated rings. The third kappa shape index (κ3) is 6.35. The van der Waals surface area contributed by atoms with Crippen LogP contribution in [0.3, 0.4) is 0 Å². The van der Waals surface area contributed by atoms with Gasteiger partial charge in [0, 0.05) is 37.8 Å². The van der Waals surface area contributed by atoms with Gasteiger partial charge in [-0.1, -0.05) is 31.4 Å². The molecule has 0 unspecified atom stereocenters. The number of rotatable bonds is 5. The van der Waals surface area contributed by atoms with Crippen molar-refractivity contribution in [3.8, 4) is 5.75 Å². The van der Waals surface area contributed by atoms with Crippen molar-refractivity contribution in [3.05, 3.63) is 59.7 Å². The Morgan fingerprint density at radius 1 is 1.03 bits per heavy atom. The van der Waals surface area contributed by atoms with Crippen LogP contribution in [0.2, 0.25) is 0 Å². The Morgan fingerprint density at radius 3 is 2.42 bits per heavy atom. The molecular weight excluding hydrogens is 412 g/mol. The minimum Gasteiger partial charge on any atom is -0.494 e. The number of nitrogens with zero attached hydrogens (tertiary/aromatic N) is 3. The molecule has 0 bridgehead atoms. The molecule has 0 spiro atoms. The predicted octanol–water partition coefficient (Wildman–Crippen LogP) is 4.76. The van der Waals surface area contributed by atoms with Crippen molar-refractivity contribution in [2.75, 3.05) is 32.8 Å². The zero-order valence-corrected chi connectivity index (χ0v) is 19.9. The van der Waals surface area contributed by atoms with Crippen molar-refractivity contribution >= 4 is 17.6 Å². The van der Waals surface area contributed by atoms with E-state index in [1.807, 2.05) is 37.3 Å². The van der Waals surface area contributed by atoms with Crippen LogP contribution in [-0.4, -0.2) is 60.5 Å². The van der Waals surface area contributed by atoms with Crippen molar-refractivity contribution in [3.63, 3.8) is 0 Å². The summed E-state index contributed by atoms with van der Waals surface area (Å²) in [5.74, 6) is 1.24. The lowest BCUT2D eigenvalue weighted by Crippen LogP contribution is -2.55. The Labute approximate surface area is 197 Å². The largest absolute Gasteiger partial charge is 0.494 e. The van der Waals surface area contributed by atoms with Crippen LogP contribution in [0.5, 0.6) is 5.75 Å². The summed E-state index contributed by atoms with van der Waals surface area (Å²) in [5, 5.41) is 3.09. The van der Waals surface area contributed by atoms with Gasteiger partial charge in [0.05, 0.1) is 12.3 Å². The molecular formula is C27H36N4O2. The Morgan fingerprint density at radius 2 is 1.76 bits per heavy atom. The van der Waals surface area contributed by atoms with Gasteiger partial charge < -0.3 is 9.64 Å². The fraction of sp³-hybridized carbons (Fsp3) is 0.481. The fourth-order valence-electron chi connectivity index (χ4n) is 4.79. The summed E-state index contributed by atoms with van der Waals surface area (Å²) in [5.41, 5.74) is 2.60. The summed E-state index contributed by atoms with van der Waals surface area (Å²) in [7, 11) is 0. The fourth-order valence-corrected chi connectivity index (χ4v) is 4.79. The van der Waals surface area contributed by atoms with E-state index in [4.69, 9.17) is 9.73 Å². The van der Waals surface area contributed by atoms with E-state index in [2.05, 4.69) is 28.1 Å². The summed E-state index contributed by atoms with van der Waals surface area (Å²) in [6, 6.07) is 16.1. The van der Waals surface area contributed by atoms with Crippen LogP contribution in [0.4, 0.5) is 5.69 Å². The van der Waals surface area contributed by atoms with E-state index in [9.17, 15) is 4.79 Å². The van der Waals surface area contributed by atoms with Gasteiger partial charge in [-0.3, -0.25) is 15.0 Å². The maximum Gasteiger partial charge on any atom is 0.257 e. The molecule has 0 atom stereocenters. The Hall–Kier alpha value is -2.86. The minimum absolute atomic E-state index is 0.154. The van der Waals surface area contributed by atoms with Gasteiger partial charge in [0.2, 0.25) is 5.96 Å². The molecule has 1 amide bonds. The molecule has 6 heteroatoms. The van der Waals surface area contributed by atoms with Gasteiger partial charge in [0.1, 0.15) is 5.75 Å². The van der Waals surface area contributed by atoms with Gasteiger partial charge in [-0.15, -0.1) is 0 Å². The average molecular weight is 449 g/mol. The maximum absolute atomic E-state index is 13.1. The lowest BCUT2D eigenvalue weighted by molar-refractivity contribution is 0.0943. The van der Waals surface area contributed by atoms with Gasteiger partial charge >= 0.3 is 0 Å². The molecule has 1 heterocycles. The number of hydrogen-bond acceptors (Lipinski definition) is 4. The standard InChI is InChI=1S/C27H36N4O2/c1-3-33-25-14-12-22(13-15-25)26(32)29-27(28-23-9-7-8-21(2)20-23)31-18-16-30(17-19-31)24-10-5-4-6-11-24/h7-9,12-15,20,24H,3-6,10-11,16-19H2,1-2H3,(H,28,29,32). The highest BCUT2D eigenvalue weighted by Gasteiger charge is 2.27. The van der Waals surface area contributed by atoms with E-state index in [1.54, 1.807) is 12.1 Å². The summed E-state index contributed by atoms with van der Waals surface area (Å²) < 4.78 is 5.50. The first-order valence-electron chi connectivity index (χ1n) is 12.3. The topological polar surface area (TPSA) is 57.2 Å². The van der Waals surface area contributed by atoms with E-state index >= 15 is 0 Å². The highest BCUT2D eigenvalue weighted by Crippen LogP contribution is 2.24. The summed E-state index contributed by atoms with van der Waals surface area (Å²) >= 11 is 0. The van der Waals surface area contributed by atoms with Crippen molar-refractivity contribution in [2.45, 2.75) is 52.0 Å². The first-order valence-corrected chi connectivity index (χ1v) is 12.3. The number of amides is 1. The molecule has 2 aromatic carbocycles. The second-order valence-electron chi connectivity index (χ2n) is 9.00. The maximum atomic E-state index is 13.1. The van der Waals surface area contributed by atoms with Gasteiger partial charge in [-0.25, -0.2) is 4.99 Å². The van der Waals surface area contributed by atoms with Crippen LogP contribution in [0.15, 0.2) is 53.5 Å². The van der Waals surface area contributed by atoms with Crippen molar-refractivity contribution < 1.29 is 9.53 Å². The zero-order valence-electron chi connectivity index (χ0n) is 19.9. The number of benzene rings is 2. The Kier molecular flexibility index (Phi) is 8.00. The van der Waals surface area contributed by atoms with Crippen LogP contribution in [0.25, 0.3) is 0 Å². The highest BCUT2D eigenvalue weighted by molar-refractivity contribution is 6.06. The first-order chi connectivity index (χ1) is 16.1. The zero-order chi connectivity index (χ0) is 23.0. The lowest BCUT2D eigenvalue weighted by atomic mass is 9.94. The molecule has 1 saturated carbocycles. The number of guanidine groups is 1. The van der Waals surface area contributed by atoms with Crippen LogP contribution in [-0.2, 0) is 0 Å². The Bertz CT molecular complexity index is 943. The first kappa shape index (κ1) is 23.3. The van der Waals surface area contributed by atoms with Crippen LogP contribution >= 0.6 is 0 Å². The third-order valence-corrected chi connectivity index (χ3v) is 6.59. The van der Waals surface area contributed by atoms with E-state index in [0.29, 0.717) is 18.1 Å². The monoisotopic (exact) mass is 448 g/mol. The lowest BCUT2D eigenvalue weighted by Gasteiger charge is -2.41. The van der Waals surface area contributed by atoms with E-state index < -0.39 is 0 Å². The molecule has 2 aromatic rings. The number of hydrogen-bond donors (Lipinski definition) is 1. The molecule has 33 heavy (non-hydrogen) atoms. The number of aliphatic imine (C=N–C) groups is 1. The van der Waals surface area contributed by atoms with E-state index in [-0.39, 0.29) is 5.91 Å². The van der Waals surface area contributed by atoms with Gasteiger partial charge in [0.15, 0.2) is 0 Å². The molecule has 2 aliphatic rings. The van der Waals surface area contributed by atoms with Gasteiger partial charge in [-0.2, -0.15) is 0 Å². The Balaban J connectivity index is 1.48. The predicted molar refractivity (Wildman–Crippen MR) is 133 cm³/mol. The molecule has 4 rings (SSSR count). The molecule has 1 aliphatic carbocycles. The number of aryl methyl sites for hydroxylation is 1. The van der Waals surface area contributed by atoms with Crippen LogP contribution < -0.4 is 10.1 Å². The molecule has 1 N–H and O–H groups in total. The SMILES string of the molecule is CCOc1ccc(C(=O)NC(=Nc2cccc(C)c2)N2CCN(C3CCCCC3)CC2)cc1. The second kappa shape index (κ2) is 11.3. The van der Waals surface area contributed by atoms with Gasteiger partial charge in [-0.05, 0) is 68.7 Å².